The summed E-state index contributed by atoms with van der Waals surface area (Å²) in [5.74, 6) is -4.29. The fourth-order valence-corrected chi connectivity index (χ4v) is 8.33. The Kier molecular flexibility index (Phi) is 17.1. The molecule has 1 aromatic heterocycles. The molecule has 1 unspecified atom stereocenters. The smallest absolute Gasteiger partial charge is 0.480 e. The third kappa shape index (κ3) is 14.5. The number of phosphoric ester groups is 1. The molecule has 0 radical (unpaired) electrons. The Morgan fingerprint density at radius 1 is 0.746 bits per heavy atom. The van der Waals surface area contributed by atoms with E-state index in [1.54, 1.807) is 39.8 Å². The number of pyridine rings is 1. The van der Waals surface area contributed by atoms with Gasteiger partial charge in [-0.05, 0) is 105 Å². The van der Waals surface area contributed by atoms with Crippen LogP contribution in [-0.2, 0) is 30.0 Å². The van der Waals surface area contributed by atoms with E-state index in [1.165, 1.54) is 6.07 Å². The summed E-state index contributed by atoms with van der Waals surface area (Å²) in [6.45, 7) is 10.9. The number of aliphatic carboxylic acids is 3. The van der Waals surface area contributed by atoms with Gasteiger partial charge in [0.1, 0.15) is 17.5 Å². The topological polar surface area (TPSA) is 231 Å². The minimum Gasteiger partial charge on any atom is -0.480 e. The number of carboxylic acid groups (broad SMARTS) is 4. The number of aromatic carboxylic acids is 1. The van der Waals surface area contributed by atoms with Crippen molar-refractivity contribution in [1.82, 2.24) is 24.6 Å². The predicted molar refractivity (Wildman–Crippen MR) is 219 cm³/mol. The molecule has 1 saturated heterocycles. The highest BCUT2D eigenvalue weighted by atomic mass is 31.2. The highest BCUT2D eigenvalue weighted by Gasteiger charge is 2.30. The van der Waals surface area contributed by atoms with Gasteiger partial charge in [-0.1, -0.05) is 23.8 Å². The van der Waals surface area contributed by atoms with Crippen molar-refractivity contribution >= 4 is 31.7 Å². The first-order valence-corrected chi connectivity index (χ1v) is 20.9. The van der Waals surface area contributed by atoms with Crippen LogP contribution in [0.1, 0.15) is 56.8 Å². The summed E-state index contributed by atoms with van der Waals surface area (Å²) in [4.78, 5) is 69.7. The second-order valence-corrected chi connectivity index (χ2v) is 16.4. The first-order valence-electron chi connectivity index (χ1n) is 19.4. The molecule has 0 aliphatic carbocycles. The molecule has 59 heavy (non-hydrogen) atoms. The maximum atomic E-state index is 13.1. The van der Waals surface area contributed by atoms with E-state index in [0.29, 0.717) is 24.3 Å². The van der Waals surface area contributed by atoms with Gasteiger partial charge in [-0.2, -0.15) is 0 Å². The summed E-state index contributed by atoms with van der Waals surface area (Å²) in [5.41, 5.74) is 7.29. The van der Waals surface area contributed by atoms with Crippen molar-refractivity contribution in [3.63, 3.8) is 0 Å². The summed E-state index contributed by atoms with van der Waals surface area (Å²) in [5, 5.41) is 39.1. The Labute approximate surface area is 344 Å². The van der Waals surface area contributed by atoms with Crippen molar-refractivity contribution in [2.24, 2.45) is 0 Å². The molecule has 322 valence electrons. The summed E-state index contributed by atoms with van der Waals surface area (Å²) < 4.78 is 23.9. The Balaban J connectivity index is 1.43. The number of carboxylic acids is 4. The summed E-state index contributed by atoms with van der Waals surface area (Å²) in [6.07, 6.45) is 0.0690. The third-order valence-corrected chi connectivity index (χ3v) is 11.2. The van der Waals surface area contributed by atoms with E-state index in [9.17, 15) is 49.1 Å². The zero-order chi connectivity index (χ0) is 43.4. The minimum absolute atomic E-state index is 0.00542. The molecule has 2 aromatic carbocycles. The number of hydrogen-bond donors (Lipinski definition) is 5. The van der Waals surface area contributed by atoms with E-state index in [1.807, 2.05) is 38.7 Å². The molecule has 4 rings (SSSR count). The van der Waals surface area contributed by atoms with Crippen molar-refractivity contribution < 1.29 is 58.1 Å². The molecule has 0 saturated carbocycles. The van der Waals surface area contributed by atoms with E-state index in [2.05, 4.69) is 17.1 Å². The second-order valence-electron chi connectivity index (χ2n) is 15.1. The molecule has 3 aromatic rings. The molecule has 18 heteroatoms. The Hall–Kier alpha value is -4.74. The summed E-state index contributed by atoms with van der Waals surface area (Å²) >= 11 is 0. The molecule has 0 bridgehead atoms. The maximum Gasteiger partial charge on any atom is 0.527 e. The van der Waals surface area contributed by atoms with Gasteiger partial charge in [0.15, 0.2) is 0 Å². The molecule has 17 nitrogen and oxygen atoms in total. The van der Waals surface area contributed by atoms with Crippen LogP contribution in [0.25, 0.3) is 11.1 Å². The SMILES string of the molecule is Cc1cc(C)c(-c2cc(C)c(OP(=O)(O)OCCC[C@H](C(=O)O)N3CCN(CC(=O)O)CCN(Cc4cccc(C(=O)O)n4)CCN(CC(=O)O)CC3)cc2C)c(C)c1. The van der Waals surface area contributed by atoms with Gasteiger partial charge in [0.25, 0.3) is 0 Å². The van der Waals surface area contributed by atoms with Crippen LogP contribution in [0, 0.1) is 34.6 Å². The molecular weight excluding hydrogens is 785 g/mol. The van der Waals surface area contributed by atoms with E-state index < -0.39 is 37.7 Å². The standard InChI is InChI=1S/C41H56N5O12P/c1-27-20-30(4)39(31(5)21-27)33-22-29(3)36(23-28(33)2)58-59(55,56)57-19-7-10-35(41(53)54)46-17-15-44(25-37(47)48)13-11-43(12-14-45(16-18-46)26-38(49)50)24-32-8-6-9-34(42-32)40(51)52/h6,8-9,20-23,35H,7,10-19,24-26H2,1-5H3,(H,47,48)(H,49,50)(H,51,52)(H,53,54)(H,55,56)/t35-/m1/s1. The number of aryl methyl sites for hydroxylation is 5. The lowest BCUT2D eigenvalue weighted by Crippen LogP contribution is -2.51. The zero-order valence-corrected chi connectivity index (χ0v) is 35.2. The van der Waals surface area contributed by atoms with Gasteiger partial charge in [0.05, 0.1) is 25.4 Å². The van der Waals surface area contributed by atoms with Gasteiger partial charge in [0, 0.05) is 58.9 Å². The maximum absolute atomic E-state index is 13.1. The number of nitrogens with zero attached hydrogens (tertiary/aromatic N) is 5. The highest BCUT2D eigenvalue weighted by molar-refractivity contribution is 7.47. The van der Waals surface area contributed by atoms with Crippen molar-refractivity contribution in [2.45, 2.75) is 60.0 Å². The normalized spacial score (nSPS) is 17.0. The molecule has 1 fully saturated rings. The van der Waals surface area contributed by atoms with Gasteiger partial charge in [-0.3, -0.25) is 43.4 Å². The minimum atomic E-state index is -4.62. The first kappa shape index (κ1) is 46.9. The molecule has 1 aliphatic rings. The van der Waals surface area contributed by atoms with Crippen LogP contribution < -0.4 is 4.52 Å². The number of benzene rings is 2. The highest BCUT2D eigenvalue weighted by Crippen LogP contribution is 2.46. The van der Waals surface area contributed by atoms with Crippen LogP contribution in [0.2, 0.25) is 0 Å². The van der Waals surface area contributed by atoms with Crippen LogP contribution >= 0.6 is 7.82 Å². The number of phosphoric acid groups is 1. The molecule has 2 atom stereocenters. The molecule has 5 N–H and O–H groups in total. The Bertz CT molecular complexity index is 1970. The fourth-order valence-electron chi connectivity index (χ4n) is 7.47. The van der Waals surface area contributed by atoms with Gasteiger partial charge < -0.3 is 24.9 Å². The lowest BCUT2D eigenvalue weighted by atomic mass is 9.90. The third-order valence-electron chi connectivity index (χ3n) is 10.3. The molecular formula is C41H56N5O12P. The van der Waals surface area contributed by atoms with E-state index in [4.69, 9.17) is 9.05 Å². The monoisotopic (exact) mass is 841 g/mol. The van der Waals surface area contributed by atoms with Crippen LogP contribution in [0.15, 0.2) is 42.5 Å². The average Bonchev–Trinajstić information content (AvgIpc) is 3.13. The van der Waals surface area contributed by atoms with Crippen molar-refractivity contribution in [2.75, 3.05) is 72.1 Å². The molecule has 0 spiro atoms. The van der Waals surface area contributed by atoms with E-state index in [-0.39, 0.29) is 89.8 Å². The Morgan fingerprint density at radius 3 is 1.85 bits per heavy atom. The Morgan fingerprint density at radius 2 is 1.31 bits per heavy atom. The van der Waals surface area contributed by atoms with Gasteiger partial charge in [0.2, 0.25) is 0 Å². The first-order chi connectivity index (χ1) is 27.8. The van der Waals surface area contributed by atoms with Crippen LogP contribution in [-0.4, -0.2) is 152 Å². The zero-order valence-electron chi connectivity index (χ0n) is 34.3. The van der Waals surface area contributed by atoms with Crippen molar-refractivity contribution in [3.05, 3.63) is 81.7 Å². The molecule has 2 heterocycles. The van der Waals surface area contributed by atoms with Crippen molar-refractivity contribution in [3.8, 4) is 16.9 Å². The summed E-state index contributed by atoms with van der Waals surface area (Å²) in [6, 6.07) is 11.4. The molecule has 1 aliphatic heterocycles. The van der Waals surface area contributed by atoms with Gasteiger partial charge in [-0.15, -0.1) is 0 Å². The van der Waals surface area contributed by atoms with Crippen LogP contribution in [0.3, 0.4) is 0 Å². The van der Waals surface area contributed by atoms with Crippen molar-refractivity contribution in [1.29, 1.82) is 0 Å². The molecule has 0 amide bonds. The summed E-state index contributed by atoms with van der Waals surface area (Å²) in [7, 11) is -4.62. The quantitative estimate of drug-likeness (QED) is 0.0942. The van der Waals surface area contributed by atoms with E-state index >= 15 is 0 Å². The van der Waals surface area contributed by atoms with Gasteiger partial charge >= 0.3 is 31.7 Å². The lowest BCUT2D eigenvalue weighted by Gasteiger charge is -2.35. The number of hydrogen-bond acceptors (Lipinski definition) is 12. The van der Waals surface area contributed by atoms with E-state index in [0.717, 1.165) is 33.4 Å². The largest absolute Gasteiger partial charge is 0.527 e. The van der Waals surface area contributed by atoms with Crippen LogP contribution in [0.4, 0.5) is 0 Å². The second kappa shape index (κ2) is 21.5. The number of rotatable bonds is 17. The average molecular weight is 842 g/mol. The number of aromatic nitrogens is 1. The number of carbonyl (C=O) groups is 4. The van der Waals surface area contributed by atoms with Crippen LogP contribution in [0.5, 0.6) is 5.75 Å². The fraction of sp³-hybridized carbons (Fsp3) is 0.488. The lowest BCUT2D eigenvalue weighted by molar-refractivity contribution is -0.145. The predicted octanol–water partition coefficient (Wildman–Crippen LogP) is 4.31. The van der Waals surface area contributed by atoms with Gasteiger partial charge in [-0.25, -0.2) is 14.3 Å².